The number of carbonyl (C=O) groups excluding carboxylic acids is 1. The third-order valence-corrected chi connectivity index (χ3v) is 5.24. The molecule has 0 aromatic heterocycles. The van der Waals surface area contributed by atoms with Gasteiger partial charge in [0.2, 0.25) is 5.88 Å². The summed E-state index contributed by atoms with van der Waals surface area (Å²) in [5.74, 6) is 1.22. The van der Waals surface area contributed by atoms with Gasteiger partial charge >= 0.3 is 0 Å². The molecule has 148 valence electrons. The lowest BCUT2D eigenvalue weighted by Gasteiger charge is -2.37. The summed E-state index contributed by atoms with van der Waals surface area (Å²) >= 11 is 0. The van der Waals surface area contributed by atoms with E-state index >= 15 is 0 Å². The monoisotopic (exact) mass is 382 g/mol. The van der Waals surface area contributed by atoms with Crippen LogP contribution in [0.1, 0.15) is 50.7 Å². The summed E-state index contributed by atoms with van der Waals surface area (Å²) < 4.78 is 16.9. The number of nitrogens with two attached hydrogens (primary N) is 1. The van der Waals surface area contributed by atoms with Crippen molar-refractivity contribution in [3.8, 4) is 17.6 Å². The van der Waals surface area contributed by atoms with E-state index in [-0.39, 0.29) is 22.7 Å². The van der Waals surface area contributed by atoms with Crippen molar-refractivity contribution in [3.05, 3.63) is 46.0 Å². The first-order valence-corrected chi connectivity index (χ1v) is 9.37. The minimum atomic E-state index is -0.567. The van der Waals surface area contributed by atoms with E-state index in [0.717, 1.165) is 11.1 Å². The normalized spacial score (nSPS) is 21.0. The van der Waals surface area contributed by atoms with Gasteiger partial charge in [-0.3, -0.25) is 4.79 Å². The number of nitriles is 1. The molecule has 28 heavy (non-hydrogen) atoms. The Morgan fingerprint density at radius 2 is 2.04 bits per heavy atom. The van der Waals surface area contributed by atoms with Crippen LogP contribution in [0.4, 0.5) is 0 Å². The molecule has 0 bridgehead atoms. The van der Waals surface area contributed by atoms with E-state index in [1.165, 1.54) is 0 Å². The van der Waals surface area contributed by atoms with Crippen molar-refractivity contribution >= 4 is 5.78 Å². The number of rotatable bonds is 4. The van der Waals surface area contributed by atoms with Crippen LogP contribution in [0.2, 0.25) is 0 Å². The Labute approximate surface area is 165 Å². The minimum Gasteiger partial charge on any atom is -0.493 e. The molecule has 1 aliphatic heterocycles. The van der Waals surface area contributed by atoms with Crippen LogP contribution >= 0.6 is 0 Å². The number of methoxy groups -OCH3 is 1. The maximum absolute atomic E-state index is 13.1. The van der Waals surface area contributed by atoms with Crippen molar-refractivity contribution in [2.75, 3.05) is 13.7 Å². The third-order valence-electron chi connectivity index (χ3n) is 5.24. The van der Waals surface area contributed by atoms with Crippen molar-refractivity contribution in [2.24, 2.45) is 11.1 Å². The molecule has 1 aromatic rings. The number of nitrogens with zero attached hydrogens (tertiary/aromatic N) is 1. The molecule has 1 aromatic carbocycles. The molecule has 0 saturated heterocycles. The highest BCUT2D eigenvalue weighted by Gasteiger charge is 2.43. The average Bonchev–Trinajstić information content (AvgIpc) is 2.60. The number of ketones is 1. The number of Topliss-reactive ketones (excluding diaryl/α,β-unsaturated/α-hetero) is 1. The van der Waals surface area contributed by atoms with Crippen LogP contribution in [0.25, 0.3) is 0 Å². The van der Waals surface area contributed by atoms with Gasteiger partial charge in [-0.1, -0.05) is 13.8 Å². The van der Waals surface area contributed by atoms with E-state index in [1.54, 1.807) is 7.11 Å². The van der Waals surface area contributed by atoms with Gasteiger partial charge in [-0.2, -0.15) is 5.26 Å². The van der Waals surface area contributed by atoms with Gasteiger partial charge in [-0.25, -0.2) is 0 Å². The van der Waals surface area contributed by atoms with Crippen LogP contribution in [-0.2, 0) is 9.53 Å². The lowest BCUT2D eigenvalue weighted by molar-refractivity contribution is -0.119. The Hall–Kier alpha value is -2.94. The van der Waals surface area contributed by atoms with Crippen molar-refractivity contribution < 1.29 is 19.0 Å². The molecule has 1 atom stereocenters. The number of benzene rings is 1. The van der Waals surface area contributed by atoms with Crippen molar-refractivity contribution in [1.29, 1.82) is 5.26 Å². The molecule has 0 fully saturated rings. The molecule has 0 saturated carbocycles. The predicted octanol–water partition coefficient (Wildman–Crippen LogP) is 3.85. The second-order valence-electron chi connectivity index (χ2n) is 8.00. The summed E-state index contributed by atoms with van der Waals surface area (Å²) in [5.41, 5.74) is 8.35. The molecule has 2 aliphatic rings. The Morgan fingerprint density at radius 3 is 2.64 bits per heavy atom. The Bertz CT molecular complexity index is 935. The van der Waals surface area contributed by atoms with Gasteiger partial charge in [0.1, 0.15) is 17.4 Å². The largest absolute Gasteiger partial charge is 0.493 e. The van der Waals surface area contributed by atoms with Gasteiger partial charge in [0.25, 0.3) is 0 Å². The van der Waals surface area contributed by atoms with Crippen LogP contribution in [0, 0.1) is 23.7 Å². The summed E-state index contributed by atoms with van der Waals surface area (Å²) in [6.45, 7) is 8.33. The summed E-state index contributed by atoms with van der Waals surface area (Å²) in [6.07, 6.45) is 0.995. The quantitative estimate of drug-likeness (QED) is 0.850. The van der Waals surface area contributed by atoms with Crippen molar-refractivity contribution in [1.82, 2.24) is 0 Å². The fourth-order valence-electron chi connectivity index (χ4n) is 4.01. The predicted molar refractivity (Wildman–Crippen MR) is 105 cm³/mol. The van der Waals surface area contributed by atoms with Gasteiger partial charge in [0, 0.05) is 18.4 Å². The van der Waals surface area contributed by atoms with Crippen molar-refractivity contribution in [3.63, 3.8) is 0 Å². The molecular weight excluding hydrogens is 356 g/mol. The number of allylic oxidation sites excluding steroid dienone is 3. The number of hydrogen-bond donors (Lipinski definition) is 1. The van der Waals surface area contributed by atoms with Crippen molar-refractivity contribution in [2.45, 2.75) is 46.5 Å². The van der Waals surface area contributed by atoms with Gasteiger partial charge < -0.3 is 19.9 Å². The van der Waals surface area contributed by atoms with E-state index in [2.05, 4.69) is 6.07 Å². The molecule has 0 radical (unpaired) electrons. The highest BCUT2D eigenvalue weighted by Crippen LogP contribution is 2.49. The first kappa shape index (κ1) is 19.8. The van der Waals surface area contributed by atoms with Gasteiger partial charge in [-0.05, 0) is 42.5 Å². The SMILES string of the molecule is CCOc1cc(C2C(C#N)=C(N)OC3=C2C(=O)CC(C)(C)C3)c(C)cc1OC. The number of hydrogen-bond acceptors (Lipinski definition) is 6. The molecular formula is C22H26N2O4. The van der Waals surface area contributed by atoms with Crippen LogP contribution < -0.4 is 15.2 Å². The lowest BCUT2D eigenvalue weighted by atomic mass is 9.70. The minimum absolute atomic E-state index is 0.00956. The van der Waals surface area contributed by atoms with Crippen LogP contribution in [0.15, 0.2) is 34.9 Å². The topological polar surface area (TPSA) is 94.6 Å². The zero-order valence-corrected chi connectivity index (χ0v) is 17.0. The second kappa shape index (κ2) is 7.23. The highest BCUT2D eigenvalue weighted by atomic mass is 16.5. The molecule has 0 amide bonds. The molecule has 6 nitrogen and oxygen atoms in total. The van der Waals surface area contributed by atoms with E-state index in [9.17, 15) is 10.1 Å². The smallest absolute Gasteiger partial charge is 0.205 e. The fraction of sp³-hybridized carbons (Fsp3) is 0.455. The maximum atomic E-state index is 13.1. The zero-order valence-electron chi connectivity index (χ0n) is 17.0. The Kier molecular flexibility index (Phi) is 5.12. The molecule has 1 unspecified atom stereocenters. The average molecular weight is 382 g/mol. The first-order chi connectivity index (χ1) is 13.2. The summed E-state index contributed by atoms with van der Waals surface area (Å²) in [5, 5.41) is 9.78. The maximum Gasteiger partial charge on any atom is 0.205 e. The molecule has 1 aliphatic carbocycles. The lowest BCUT2D eigenvalue weighted by Crippen LogP contribution is -2.33. The molecule has 2 N–H and O–H groups in total. The summed E-state index contributed by atoms with van der Waals surface area (Å²) in [7, 11) is 1.58. The van der Waals surface area contributed by atoms with Gasteiger partial charge in [-0.15, -0.1) is 0 Å². The van der Waals surface area contributed by atoms with E-state index in [1.807, 2.05) is 39.8 Å². The Morgan fingerprint density at radius 1 is 1.32 bits per heavy atom. The van der Waals surface area contributed by atoms with E-state index < -0.39 is 5.92 Å². The summed E-state index contributed by atoms with van der Waals surface area (Å²) in [6, 6.07) is 5.86. The number of ether oxygens (including phenoxy) is 3. The van der Waals surface area contributed by atoms with E-state index in [4.69, 9.17) is 19.9 Å². The van der Waals surface area contributed by atoms with Crippen LogP contribution in [0.3, 0.4) is 0 Å². The van der Waals surface area contributed by atoms with E-state index in [0.29, 0.717) is 42.3 Å². The zero-order chi connectivity index (χ0) is 20.6. The standard InChI is InChI=1S/C22H26N2O4/c1-6-27-17-8-13(12(2)7-16(17)26-5)19-14(11-23)21(24)28-18-10-22(3,4)9-15(25)20(18)19/h7-8,19H,6,9-10,24H2,1-5H3. The third kappa shape index (κ3) is 3.33. The van der Waals surface area contributed by atoms with Crippen LogP contribution in [0.5, 0.6) is 11.5 Å². The molecule has 3 rings (SSSR count). The number of carbonyl (C=O) groups is 1. The molecule has 0 spiro atoms. The number of aryl methyl sites for hydroxylation is 1. The summed E-state index contributed by atoms with van der Waals surface area (Å²) in [4.78, 5) is 13.1. The molecule has 6 heteroatoms. The van der Waals surface area contributed by atoms with Gasteiger partial charge in [0.15, 0.2) is 17.3 Å². The Balaban J connectivity index is 2.23. The fourth-order valence-corrected chi connectivity index (χ4v) is 4.01. The second-order valence-corrected chi connectivity index (χ2v) is 8.00. The molecule has 1 heterocycles. The van der Waals surface area contributed by atoms with Gasteiger partial charge in [0.05, 0.1) is 19.6 Å². The first-order valence-electron chi connectivity index (χ1n) is 9.37. The highest BCUT2D eigenvalue weighted by molar-refractivity contribution is 6.00. The van der Waals surface area contributed by atoms with Crippen LogP contribution in [-0.4, -0.2) is 19.5 Å².